The van der Waals surface area contributed by atoms with Crippen molar-refractivity contribution in [3.8, 4) is 5.75 Å². The van der Waals surface area contributed by atoms with Crippen LogP contribution in [-0.2, 0) is 14.3 Å². The standard InChI is InChI=1S/C26H36N2O4/c1-17-5-4-10-25(2)15-21-22(23-26(17,25)32-23)20(24(29)31-21)16-27-11-13-28(14-12-27)18-6-8-19(30-3)9-7-18/h6-9,17,20-23H,4-5,10-16H2,1-3H3/t17-,20+,21+,22+,23-,25+,26-/m0/s1. The van der Waals surface area contributed by atoms with Crippen molar-refractivity contribution in [2.75, 3.05) is 44.7 Å². The Kier molecular flexibility index (Phi) is 4.78. The molecule has 6 heteroatoms. The van der Waals surface area contributed by atoms with E-state index in [-0.39, 0.29) is 41.0 Å². The van der Waals surface area contributed by atoms with Gasteiger partial charge < -0.3 is 19.1 Å². The van der Waals surface area contributed by atoms with E-state index in [1.54, 1.807) is 7.11 Å². The number of methoxy groups -OCH3 is 1. The van der Waals surface area contributed by atoms with Gasteiger partial charge in [-0.25, -0.2) is 0 Å². The molecule has 2 saturated carbocycles. The second-order valence-electron chi connectivity index (χ2n) is 11.0. The average Bonchev–Trinajstić information content (AvgIpc) is 3.49. The number of carbonyl (C=O) groups excluding carboxylic acids is 1. The molecule has 5 fully saturated rings. The second-order valence-corrected chi connectivity index (χ2v) is 11.0. The van der Waals surface area contributed by atoms with Gasteiger partial charge in [0, 0.05) is 49.7 Å². The number of esters is 1. The van der Waals surface area contributed by atoms with Crippen LogP contribution in [-0.4, -0.2) is 68.5 Å². The first-order valence-electron chi connectivity index (χ1n) is 12.4. The summed E-state index contributed by atoms with van der Waals surface area (Å²) in [5.74, 6) is 1.67. The zero-order valence-corrected chi connectivity index (χ0v) is 19.6. The molecule has 32 heavy (non-hydrogen) atoms. The molecule has 5 aliphatic rings. The van der Waals surface area contributed by atoms with Crippen molar-refractivity contribution in [1.82, 2.24) is 4.90 Å². The van der Waals surface area contributed by atoms with Gasteiger partial charge in [-0.2, -0.15) is 0 Å². The van der Waals surface area contributed by atoms with E-state index < -0.39 is 0 Å². The number of ether oxygens (including phenoxy) is 3. The summed E-state index contributed by atoms with van der Waals surface area (Å²) in [6.07, 6.45) is 4.94. The molecule has 2 aliphatic carbocycles. The smallest absolute Gasteiger partial charge is 0.311 e. The third-order valence-corrected chi connectivity index (χ3v) is 9.46. The Bertz CT molecular complexity index is 882. The molecule has 3 saturated heterocycles. The fraction of sp³-hybridized carbons (Fsp3) is 0.731. The van der Waals surface area contributed by atoms with E-state index in [0.29, 0.717) is 5.92 Å². The summed E-state index contributed by atoms with van der Waals surface area (Å²) >= 11 is 0. The molecule has 0 amide bonds. The van der Waals surface area contributed by atoms with Gasteiger partial charge in [0.1, 0.15) is 17.5 Å². The van der Waals surface area contributed by atoms with Crippen LogP contribution >= 0.6 is 0 Å². The van der Waals surface area contributed by atoms with Crippen molar-refractivity contribution in [2.24, 2.45) is 23.2 Å². The number of hydrogen-bond donors (Lipinski definition) is 0. The number of epoxide rings is 1. The van der Waals surface area contributed by atoms with Crippen LogP contribution in [0.15, 0.2) is 24.3 Å². The molecule has 3 heterocycles. The van der Waals surface area contributed by atoms with Crippen LogP contribution in [0.3, 0.4) is 0 Å². The van der Waals surface area contributed by atoms with Gasteiger partial charge in [0.25, 0.3) is 0 Å². The lowest BCUT2D eigenvalue weighted by atomic mass is 9.53. The van der Waals surface area contributed by atoms with E-state index in [9.17, 15) is 4.79 Å². The van der Waals surface area contributed by atoms with E-state index in [4.69, 9.17) is 14.2 Å². The molecule has 0 bridgehead atoms. The quantitative estimate of drug-likeness (QED) is 0.529. The highest BCUT2D eigenvalue weighted by atomic mass is 16.6. The number of benzene rings is 1. The molecule has 6 nitrogen and oxygen atoms in total. The van der Waals surface area contributed by atoms with Gasteiger partial charge in [0.2, 0.25) is 0 Å². The maximum absolute atomic E-state index is 13.0. The first-order valence-corrected chi connectivity index (χ1v) is 12.4. The minimum atomic E-state index is -0.0458. The normalized spacial score (nSPS) is 43.2. The van der Waals surface area contributed by atoms with E-state index in [2.05, 4.69) is 35.8 Å². The highest BCUT2D eigenvalue weighted by molar-refractivity contribution is 5.76. The summed E-state index contributed by atoms with van der Waals surface area (Å²) in [5, 5.41) is 0. The number of piperazine rings is 1. The zero-order chi connectivity index (χ0) is 22.1. The van der Waals surface area contributed by atoms with Crippen LogP contribution in [0.1, 0.15) is 39.5 Å². The van der Waals surface area contributed by atoms with Gasteiger partial charge in [-0.05, 0) is 49.4 Å². The minimum absolute atomic E-state index is 0.00822. The van der Waals surface area contributed by atoms with Crippen molar-refractivity contribution in [2.45, 2.75) is 57.3 Å². The Labute approximate surface area is 191 Å². The second kappa shape index (κ2) is 7.36. The fourth-order valence-corrected chi connectivity index (χ4v) is 7.70. The SMILES string of the molecule is COc1ccc(N2CCN(C[C@H]3C(=O)O[C@@H]4C[C@@]5(C)CCC[C@H](C)[C@@]56O[C@H]6[C@@H]43)CC2)cc1. The average molecular weight is 441 g/mol. The first kappa shape index (κ1) is 20.8. The van der Waals surface area contributed by atoms with Crippen LogP contribution in [0, 0.1) is 23.2 Å². The summed E-state index contributed by atoms with van der Waals surface area (Å²) < 4.78 is 17.9. The molecule has 3 aliphatic heterocycles. The summed E-state index contributed by atoms with van der Waals surface area (Å²) in [6, 6.07) is 8.29. The van der Waals surface area contributed by atoms with Crippen molar-refractivity contribution < 1.29 is 19.0 Å². The van der Waals surface area contributed by atoms with E-state index in [1.165, 1.54) is 24.9 Å². The van der Waals surface area contributed by atoms with Crippen LogP contribution in [0.5, 0.6) is 5.75 Å². The zero-order valence-electron chi connectivity index (χ0n) is 19.6. The Morgan fingerprint density at radius 3 is 2.62 bits per heavy atom. The van der Waals surface area contributed by atoms with E-state index in [1.807, 2.05) is 12.1 Å². The number of carbonyl (C=O) groups is 1. The number of hydrogen-bond acceptors (Lipinski definition) is 6. The number of nitrogens with zero attached hydrogens (tertiary/aromatic N) is 2. The van der Waals surface area contributed by atoms with Gasteiger partial charge in [-0.15, -0.1) is 0 Å². The molecule has 1 aromatic carbocycles. The molecule has 1 spiro atoms. The molecule has 6 rings (SSSR count). The Hall–Kier alpha value is -1.79. The lowest BCUT2D eigenvalue weighted by Crippen LogP contribution is -2.55. The van der Waals surface area contributed by atoms with Crippen LogP contribution in [0.4, 0.5) is 5.69 Å². The predicted molar refractivity (Wildman–Crippen MR) is 122 cm³/mol. The van der Waals surface area contributed by atoms with Gasteiger partial charge in [-0.3, -0.25) is 9.69 Å². The number of fused-ring (bicyclic) bond motifs is 2. The molecule has 0 radical (unpaired) electrons. The largest absolute Gasteiger partial charge is 0.497 e. The van der Waals surface area contributed by atoms with Crippen LogP contribution in [0.2, 0.25) is 0 Å². The monoisotopic (exact) mass is 440 g/mol. The van der Waals surface area contributed by atoms with Crippen LogP contribution in [0.25, 0.3) is 0 Å². The van der Waals surface area contributed by atoms with Crippen molar-refractivity contribution in [1.29, 1.82) is 0 Å². The molecular formula is C26H36N2O4. The predicted octanol–water partition coefficient (Wildman–Crippen LogP) is 3.34. The van der Waals surface area contributed by atoms with E-state index in [0.717, 1.165) is 44.9 Å². The molecule has 0 aromatic heterocycles. The summed E-state index contributed by atoms with van der Waals surface area (Å²) in [6.45, 7) is 9.44. The minimum Gasteiger partial charge on any atom is -0.497 e. The Morgan fingerprint density at radius 2 is 1.91 bits per heavy atom. The molecular weight excluding hydrogens is 404 g/mol. The summed E-state index contributed by atoms with van der Waals surface area (Å²) in [7, 11) is 1.70. The lowest BCUT2D eigenvalue weighted by molar-refractivity contribution is -0.146. The molecule has 0 N–H and O–H groups in total. The third-order valence-electron chi connectivity index (χ3n) is 9.46. The number of rotatable bonds is 4. The van der Waals surface area contributed by atoms with Crippen molar-refractivity contribution in [3.63, 3.8) is 0 Å². The lowest BCUT2D eigenvalue weighted by Gasteiger charge is -2.49. The Balaban J connectivity index is 1.12. The molecule has 174 valence electrons. The summed E-state index contributed by atoms with van der Waals surface area (Å²) in [5.41, 5.74) is 1.39. The maximum atomic E-state index is 13.0. The van der Waals surface area contributed by atoms with Crippen LogP contribution < -0.4 is 9.64 Å². The van der Waals surface area contributed by atoms with Gasteiger partial charge >= 0.3 is 5.97 Å². The van der Waals surface area contributed by atoms with E-state index >= 15 is 0 Å². The topological polar surface area (TPSA) is 54.5 Å². The van der Waals surface area contributed by atoms with Gasteiger partial charge in [0.15, 0.2) is 0 Å². The van der Waals surface area contributed by atoms with Gasteiger partial charge in [-0.1, -0.05) is 20.3 Å². The highest BCUT2D eigenvalue weighted by Crippen LogP contribution is 2.70. The fourth-order valence-electron chi connectivity index (χ4n) is 7.70. The molecule has 7 atom stereocenters. The number of anilines is 1. The Morgan fingerprint density at radius 1 is 1.16 bits per heavy atom. The summed E-state index contributed by atoms with van der Waals surface area (Å²) in [4.78, 5) is 17.9. The van der Waals surface area contributed by atoms with Crippen molar-refractivity contribution >= 4 is 11.7 Å². The maximum Gasteiger partial charge on any atom is 0.311 e. The first-order chi connectivity index (χ1) is 15.4. The van der Waals surface area contributed by atoms with Gasteiger partial charge in [0.05, 0.1) is 19.1 Å². The highest BCUT2D eigenvalue weighted by Gasteiger charge is 2.78. The van der Waals surface area contributed by atoms with Crippen molar-refractivity contribution in [3.05, 3.63) is 24.3 Å². The molecule has 1 aromatic rings. The third kappa shape index (κ3) is 2.95. The molecule has 0 unspecified atom stereocenters.